The van der Waals surface area contributed by atoms with Crippen LogP contribution in [0.3, 0.4) is 0 Å². The van der Waals surface area contributed by atoms with Gasteiger partial charge in [0.2, 0.25) is 0 Å². The predicted octanol–water partition coefficient (Wildman–Crippen LogP) is 3.33. The van der Waals surface area contributed by atoms with Crippen molar-refractivity contribution in [3.63, 3.8) is 0 Å². The van der Waals surface area contributed by atoms with Gasteiger partial charge in [-0.25, -0.2) is 0 Å². The molecular weight excluding hydrogens is 184 g/mol. The van der Waals surface area contributed by atoms with Gasteiger partial charge in [0.05, 0.1) is 6.07 Å². The molecule has 0 amide bonds. The van der Waals surface area contributed by atoms with Gasteiger partial charge in [-0.1, -0.05) is 33.1 Å². The highest BCUT2D eigenvalue weighted by atomic mass is 15.2. The summed E-state index contributed by atoms with van der Waals surface area (Å²) < 4.78 is 0. The highest BCUT2D eigenvalue weighted by molar-refractivity contribution is 5.08. The van der Waals surface area contributed by atoms with Gasteiger partial charge in [-0.2, -0.15) is 5.26 Å². The van der Waals surface area contributed by atoms with Crippen LogP contribution >= 0.6 is 0 Å². The zero-order valence-corrected chi connectivity index (χ0v) is 10.3. The Morgan fingerprint density at radius 2 is 1.87 bits per heavy atom. The second-order valence-corrected chi connectivity index (χ2v) is 4.65. The van der Waals surface area contributed by atoms with Gasteiger partial charge in [0, 0.05) is 0 Å². The fraction of sp³-hybridized carbons (Fsp3) is 0.923. The summed E-state index contributed by atoms with van der Waals surface area (Å²) >= 11 is 0. The highest BCUT2D eigenvalue weighted by Gasteiger charge is 2.34. The molecule has 0 N–H and O–H groups in total. The second kappa shape index (κ2) is 6.12. The normalized spacial score (nSPS) is 21.9. The van der Waals surface area contributed by atoms with Gasteiger partial charge < -0.3 is 0 Å². The van der Waals surface area contributed by atoms with Crippen LogP contribution in [0.15, 0.2) is 0 Å². The SMILES string of the molecule is CCCCC(C#N)(CC)N1CCCCC1. The molecule has 1 fully saturated rings. The first kappa shape index (κ1) is 12.5. The molecule has 1 rings (SSSR count). The van der Waals surface area contributed by atoms with Crippen molar-refractivity contribution >= 4 is 0 Å². The molecule has 0 aliphatic carbocycles. The van der Waals surface area contributed by atoms with Gasteiger partial charge >= 0.3 is 0 Å². The molecule has 1 saturated heterocycles. The van der Waals surface area contributed by atoms with E-state index in [1.54, 1.807) is 0 Å². The van der Waals surface area contributed by atoms with Crippen LogP contribution in [0.1, 0.15) is 58.8 Å². The molecule has 0 bridgehead atoms. The summed E-state index contributed by atoms with van der Waals surface area (Å²) in [6, 6.07) is 2.60. The minimum Gasteiger partial charge on any atom is -0.286 e. The van der Waals surface area contributed by atoms with Gasteiger partial charge in [0.15, 0.2) is 0 Å². The van der Waals surface area contributed by atoms with Crippen LogP contribution < -0.4 is 0 Å². The monoisotopic (exact) mass is 208 g/mol. The van der Waals surface area contributed by atoms with Crippen LogP contribution in [0.4, 0.5) is 0 Å². The first-order chi connectivity index (χ1) is 7.29. The van der Waals surface area contributed by atoms with Crippen molar-refractivity contribution in [2.24, 2.45) is 0 Å². The van der Waals surface area contributed by atoms with Crippen LogP contribution in [0.2, 0.25) is 0 Å². The molecule has 0 aromatic heterocycles. The number of nitrogens with zero attached hydrogens (tertiary/aromatic N) is 2. The number of hydrogen-bond acceptors (Lipinski definition) is 2. The zero-order valence-electron chi connectivity index (χ0n) is 10.3. The fourth-order valence-corrected chi connectivity index (χ4v) is 2.56. The van der Waals surface area contributed by atoms with Crippen molar-refractivity contribution in [1.82, 2.24) is 4.90 Å². The van der Waals surface area contributed by atoms with Crippen LogP contribution in [-0.2, 0) is 0 Å². The Morgan fingerprint density at radius 3 is 2.33 bits per heavy atom. The van der Waals surface area contributed by atoms with E-state index in [4.69, 9.17) is 0 Å². The van der Waals surface area contributed by atoms with Crippen LogP contribution in [0.5, 0.6) is 0 Å². The van der Waals surface area contributed by atoms with Gasteiger partial charge in [-0.05, 0) is 38.8 Å². The van der Waals surface area contributed by atoms with E-state index in [1.807, 2.05) is 0 Å². The standard InChI is InChI=1S/C13H24N2/c1-3-5-9-13(4-2,12-14)15-10-7-6-8-11-15/h3-11H2,1-2H3. The van der Waals surface area contributed by atoms with Crippen LogP contribution in [-0.4, -0.2) is 23.5 Å². The molecule has 0 aromatic rings. The van der Waals surface area contributed by atoms with Gasteiger partial charge in [-0.15, -0.1) is 0 Å². The average molecular weight is 208 g/mol. The molecule has 0 saturated carbocycles. The smallest absolute Gasteiger partial charge is 0.108 e. The maximum atomic E-state index is 9.46. The Bertz CT molecular complexity index is 213. The van der Waals surface area contributed by atoms with E-state index in [0.717, 1.165) is 25.9 Å². The first-order valence-electron chi connectivity index (χ1n) is 6.45. The maximum Gasteiger partial charge on any atom is 0.108 e. The van der Waals surface area contributed by atoms with Crippen molar-refractivity contribution in [1.29, 1.82) is 5.26 Å². The molecule has 1 unspecified atom stereocenters. The van der Waals surface area contributed by atoms with Crippen LogP contribution in [0.25, 0.3) is 0 Å². The lowest BCUT2D eigenvalue weighted by atomic mass is 9.87. The van der Waals surface area contributed by atoms with Crippen molar-refractivity contribution in [3.8, 4) is 6.07 Å². The molecule has 0 spiro atoms. The first-order valence-corrected chi connectivity index (χ1v) is 6.45. The van der Waals surface area contributed by atoms with E-state index in [2.05, 4.69) is 24.8 Å². The third-order valence-electron chi connectivity index (χ3n) is 3.70. The lowest BCUT2D eigenvalue weighted by Gasteiger charge is -2.40. The van der Waals surface area contributed by atoms with E-state index in [9.17, 15) is 5.26 Å². The Morgan fingerprint density at radius 1 is 1.20 bits per heavy atom. The minimum absolute atomic E-state index is 0.156. The summed E-state index contributed by atoms with van der Waals surface area (Å²) in [4.78, 5) is 2.44. The van der Waals surface area contributed by atoms with E-state index >= 15 is 0 Å². The number of piperidine rings is 1. The number of rotatable bonds is 5. The quantitative estimate of drug-likeness (QED) is 0.693. The maximum absolute atomic E-state index is 9.46. The lowest BCUT2D eigenvalue weighted by molar-refractivity contribution is 0.0966. The van der Waals surface area contributed by atoms with Crippen molar-refractivity contribution in [2.75, 3.05) is 13.1 Å². The molecule has 15 heavy (non-hydrogen) atoms. The molecular formula is C13H24N2. The number of unbranched alkanes of at least 4 members (excludes halogenated alkanes) is 1. The summed E-state index contributed by atoms with van der Waals surface area (Å²) in [6.07, 6.45) is 8.29. The van der Waals surface area contributed by atoms with Gasteiger partial charge in [0.1, 0.15) is 5.54 Å². The molecule has 0 radical (unpaired) electrons. The van der Waals surface area contributed by atoms with E-state index < -0.39 is 0 Å². The molecule has 0 aromatic carbocycles. The highest BCUT2D eigenvalue weighted by Crippen LogP contribution is 2.28. The predicted molar refractivity (Wildman–Crippen MR) is 63.6 cm³/mol. The summed E-state index contributed by atoms with van der Waals surface area (Å²) in [7, 11) is 0. The van der Waals surface area contributed by atoms with Crippen molar-refractivity contribution in [2.45, 2.75) is 64.3 Å². The van der Waals surface area contributed by atoms with Gasteiger partial charge in [0.25, 0.3) is 0 Å². The summed E-state index contributed by atoms with van der Waals surface area (Å²) in [6.45, 7) is 6.62. The Hall–Kier alpha value is -0.550. The minimum atomic E-state index is -0.156. The molecule has 1 heterocycles. The van der Waals surface area contributed by atoms with Gasteiger partial charge in [-0.3, -0.25) is 4.90 Å². The molecule has 1 aliphatic rings. The van der Waals surface area contributed by atoms with Crippen LogP contribution in [0, 0.1) is 11.3 Å². The van der Waals surface area contributed by atoms with E-state index in [1.165, 1.54) is 32.1 Å². The van der Waals surface area contributed by atoms with Crippen molar-refractivity contribution in [3.05, 3.63) is 0 Å². The summed E-state index contributed by atoms with van der Waals surface area (Å²) in [5.41, 5.74) is -0.156. The number of hydrogen-bond donors (Lipinski definition) is 0. The summed E-state index contributed by atoms with van der Waals surface area (Å²) in [5, 5.41) is 9.46. The number of likely N-dealkylation sites (tertiary alicyclic amines) is 1. The lowest BCUT2D eigenvalue weighted by Crippen LogP contribution is -2.49. The van der Waals surface area contributed by atoms with E-state index in [0.29, 0.717) is 0 Å². The molecule has 2 nitrogen and oxygen atoms in total. The third-order valence-corrected chi connectivity index (χ3v) is 3.70. The average Bonchev–Trinajstić information content (AvgIpc) is 2.33. The third kappa shape index (κ3) is 2.95. The molecule has 86 valence electrons. The zero-order chi connectivity index (χ0) is 11.1. The number of nitriles is 1. The van der Waals surface area contributed by atoms with Crippen molar-refractivity contribution < 1.29 is 0 Å². The largest absolute Gasteiger partial charge is 0.286 e. The Balaban J connectivity index is 2.65. The molecule has 2 heteroatoms. The Kier molecular flexibility index (Phi) is 5.11. The topological polar surface area (TPSA) is 27.0 Å². The Labute approximate surface area is 94.3 Å². The second-order valence-electron chi connectivity index (χ2n) is 4.65. The molecule has 1 aliphatic heterocycles. The summed E-state index contributed by atoms with van der Waals surface area (Å²) in [5.74, 6) is 0. The molecule has 1 atom stereocenters. The van der Waals surface area contributed by atoms with E-state index in [-0.39, 0.29) is 5.54 Å². The fourth-order valence-electron chi connectivity index (χ4n) is 2.56.